The number of rotatable bonds is 4. The van der Waals surface area contributed by atoms with Crippen LogP contribution in [0.15, 0.2) is 42.9 Å². The Labute approximate surface area is 156 Å². The predicted octanol–water partition coefficient (Wildman–Crippen LogP) is 4.73. The average molecular weight is 351 g/mol. The van der Waals surface area contributed by atoms with Crippen molar-refractivity contribution in [1.29, 1.82) is 0 Å². The molecule has 2 aliphatic carbocycles. The summed E-state index contributed by atoms with van der Waals surface area (Å²) in [6, 6.07) is 11.2. The second-order valence-corrected chi connectivity index (χ2v) is 7.92. The maximum Gasteiger partial charge on any atom is 0.223 e. The number of benzene rings is 1. The van der Waals surface area contributed by atoms with E-state index in [9.17, 15) is 4.79 Å². The van der Waals surface area contributed by atoms with E-state index in [0.29, 0.717) is 18.0 Å². The van der Waals surface area contributed by atoms with Gasteiger partial charge in [-0.25, -0.2) is 4.98 Å². The molecule has 0 radical (unpaired) electrons. The minimum absolute atomic E-state index is 0.199. The Morgan fingerprint density at radius 2 is 1.69 bits per heavy atom. The SMILES string of the molecule is O=C(NC1CCCCC1)[C@H]1CC[C@@H](n2cnc(-c3ccccc3)c2)CC1. The van der Waals surface area contributed by atoms with Crippen LogP contribution in [-0.4, -0.2) is 21.5 Å². The molecule has 2 saturated carbocycles. The molecule has 138 valence electrons. The normalized spacial score (nSPS) is 24.3. The van der Waals surface area contributed by atoms with E-state index in [1.165, 1.54) is 32.1 Å². The fraction of sp³-hybridized carbons (Fsp3) is 0.545. The van der Waals surface area contributed by atoms with E-state index in [0.717, 1.165) is 36.9 Å². The molecule has 0 atom stereocenters. The third-order valence-electron chi connectivity index (χ3n) is 6.11. The molecule has 1 heterocycles. The highest BCUT2D eigenvalue weighted by Crippen LogP contribution is 2.33. The monoisotopic (exact) mass is 351 g/mol. The van der Waals surface area contributed by atoms with Gasteiger partial charge in [-0.2, -0.15) is 0 Å². The molecule has 2 aliphatic rings. The molecule has 1 N–H and O–H groups in total. The Bertz CT molecular complexity index is 710. The Morgan fingerprint density at radius 3 is 2.42 bits per heavy atom. The molecule has 1 aromatic carbocycles. The van der Waals surface area contributed by atoms with Crippen LogP contribution in [0, 0.1) is 5.92 Å². The number of nitrogens with zero attached hydrogens (tertiary/aromatic N) is 2. The zero-order chi connectivity index (χ0) is 17.8. The van der Waals surface area contributed by atoms with E-state index in [2.05, 4.69) is 33.2 Å². The summed E-state index contributed by atoms with van der Waals surface area (Å²) in [6.07, 6.45) is 14.4. The highest BCUT2D eigenvalue weighted by molar-refractivity contribution is 5.79. The third kappa shape index (κ3) is 4.00. The predicted molar refractivity (Wildman–Crippen MR) is 104 cm³/mol. The van der Waals surface area contributed by atoms with E-state index in [-0.39, 0.29) is 5.92 Å². The molecule has 0 spiro atoms. The minimum Gasteiger partial charge on any atom is -0.353 e. The van der Waals surface area contributed by atoms with Gasteiger partial charge in [0.05, 0.1) is 12.0 Å². The van der Waals surface area contributed by atoms with Crippen molar-refractivity contribution in [3.05, 3.63) is 42.9 Å². The standard InChI is InChI=1S/C22H29N3O/c26-22(24-19-9-5-2-6-10-19)18-11-13-20(14-12-18)25-15-21(23-16-25)17-7-3-1-4-8-17/h1,3-4,7-8,15-16,18-20H,2,5-6,9-14H2,(H,24,26)/t18-,20+. The molecule has 2 aromatic rings. The van der Waals surface area contributed by atoms with Crippen molar-refractivity contribution in [2.45, 2.75) is 69.9 Å². The molecule has 1 amide bonds. The van der Waals surface area contributed by atoms with Gasteiger partial charge in [0, 0.05) is 29.8 Å². The molecule has 1 aromatic heterocycles. The lowest BCUT2D eigenvalue weighted by Gasteiger charge is -2.30. The summed E-state index contributed by atoms with van der Waals surface area (Å²) >= 11 is 0. The largest absolute Gasteiger partial charge is 0.353 e. The van der Waals surface area contributed by atoms with Crippen molar-refractivity contribution in [3.8, 4) is 11.3 Å². The number of carbonyl (C=O) groups is 1. The van der Waals surface area contributed by atoms with Crippen LogP contribution >= 0.6 is 0 Å². The van der Waals surface area contributed by atoms with Crippen molar-refractivity contribution in [2.24, 2.45) is 5.92 Å². The van der Waals surface area contributed by atoms with Gasteiger partial charge in [0.2, 0.25) is 5.91 Å². The van der Waals surface area contributed by atoms with Crippen molar-refractivity contribution in [3.63, 3.8) is 0 Å². The van der Waals surface area contributed by atoms with Crippen LogP contribution in [0.4, 0.5) is 0 Å². The summed E-state index contributed by atoms with van der Waals surface area (Å²) in [4.78, 5) is 17.1. The van der Waals surface area contributed by atoms with Crippen LogP contribution in [0.3, 0.4) is 0 Å². The number of hydrogen-bond acceptors (Lipinski definition) is 2. The Hall–Kier alpha value is -2.10. The number of hydrogen-bond donors (Lipinski definition) is 1. The highest BCUT2D eigenvalue weighted by Gasteiger charge is 2.28. The van der Waals surface area contributed by atoms with Crippen LogP contribution in [-0.2, 0) is 4.79 Å². The molecule has 0 unspecified atom stereocenters. The van der Waals surface area contributed by atoms with E-state index in [4.69, 9.17) is 0 Å². The molecule has 26 heavy (non-hydrogen) atoms. The van der Waals surface area contributed by atoms with Crippen LogP contribution in [0.2, 0.25) is 0 Å². The third-order valence-corrected chi connectivity index (χ3v) is 6.11. The first-order valence-corrected chi connectivity index (χ1v) is 10.2. The fourth-order valence-electron chi connectivity index (χ4n) is 4.50. The van der Waals surface area contributed by atoms with E-state index >= 15 is 0 Å². The first kappa shape index (κ1) is 17.3. The van der Waals surface area contributed by atoms with E-state index in [1.807, 2.05) is 24.5 Å². The maximum atomic E-state index is 12.6. The number of aromatic nitrogens is 2. The van der Waals surface area contributed by atoms with Gasteiger partial charge in [0.1, 0.15) is 0 Å². The Morgan fingerprint density at radius 1 is 0.962 bits per heavy atom. The first-order chi connectivity index (χ1) is 12.8. The highest BCUT2D eigenvalue weighted by atomic mass is 16.1. The van der Waals surface area contributed by atoms with Crippen LogP contribution < -0.4 is 5.32 Å². The minimum atomic E-state index is 0.199. The van der Waals surface area contributed by atoms with Crippen LogP contribution in [0.1, 0.15) is 63.8 Å². The zero-order valence-corrected chi connectivity index (χ0v) is 15.4. The van der Waals surface area contributed by atoms with Gasteiger partial charge in [0.15, 0.2) is 0 Å². The van der Waals surface area contributed by atoms with Crippen molar-refractivity contribution in [2.75, 3.05) is 0 Å². The second-order valence-electron chi connectivity index (χ2n) is 7.92. The van der Waals surface area contributed by atoms with Crippen molar-refractivity contribution in [1.82, 2.24) is 14.9 Å². The molecule has 4 nitrogen and oxygen atoms in total. The average Bonchev–Trinajstić information content (AvgIpc) is 3.20. The number of carbonyl (C=O) groups excluding carboxylic acids is 1. The molecule has 0 bridgehead atoms. The topological polar surface area (TPSA) is 46.9 Å². The van der Waals surface area contributed by atoms with Gasteiger partial charge in [-0.3, -0.25) is 4.79 Å². The number of amides is 1. The van der Waals surface area contributed by atoms with E-state index in [1.54, 1.807) is 0 Å². The summed E-state index contributed by atoms with van der Waals surface area (Å²) in [5, 5.41) is 3.31. The van der Waals surface area contributed by atoms with Gasteiger partial charge in [-0.1, -0.05) is 49.6 Å². The number of nitrogens with one attached hydrogen (secondary N) is 1. The summed E-state index contributed by atoms with van der Waals surface area (Å²) in [7, 11) is 0. The lowest BCUT2D eigenvalue weighted by atomic mass is 9.84. The van der Waals surface area contributed by atoms with Gasteiger partial charge in [-0.05, 0) is 38.5 Å². The fourth-order valence-corrected chi connectivity index (χ4v) is 4.50. The molecular weight excluding hydrogens is 322 g/mol. The summed E-state index contributed by atoms with van der Waals surface area (Å²) in [5.74, 6) is 0.497. The lowest BCUT2D eigenvalue weighted by molar-refractivity contribution is -0.127. The van der Waals surface area contributed by atoms with Crippen LogP contribution in [0.25, 0.3) is 11.3 Å². The molecule has 4 rings (SSSR count). The van der Waals surface area contributed by atoms with Gasteiger partial charge < -0.3 is 9.88 Å². The zero-order valence-electron chi connectivity index (χ0n) is 15.4. The van der Waals surface area contributed by atoms with Gasteiger partial charge in [-0.15, -0.1) is 0 Å². The first-order valence-electron chi connectivity index (χ1n) is 10.2. The Kier molecular flexibility index (Phi) is 5.37. The molecular formula is C22H29N3O. The molecule has 0 saturated heterocycles. The van der Waals surface area contributed by atoms with Gasteiger partial charge in [0.25, 0.3) is 0 Å². The molecule has 0 aliphatic heterocycles. The maximum absolute atomic E-state index is 12.6. The summed E-state index contributed by atoms with van der Waals surface area (Å²) in [6.45, 7) is 0. The smallest absolute Gasteiger partial charge is 0.223 e. The summed E-state index contributed by atoms with van der Waals surface area (Å²) in [5.41, 5.74) is 2.19. The molecule has 4 heteroatoms. The quantitative estimate of drug-likeness (QED) is 0.865. The van der Waals surface area contributed by atoms with E-state index < -0.39 is 0 Å². The number of imidazole rings is 1. The second kappa shape index (κ2) is 8.07. The van der Waals surface area contributed by atoms with Crippen molar-refractivity contribution < 1.29 is 4.79 Å². The van der Waals surface area contributed by atoms with Gasteiger partial charge >= 0.3 is 0 Å². The Balaban J connectivity index is 1.31. The molecule has 2 fully saturated rings. The van der Waals surface area contributed by atoms with Crippen LogP contribution in [0.5, 0.6) is 0 Å². The van der Waals surface area contributed by atoms with Crippen molar-refractivity contribution >= 4 is 5.91 Å². The summed E-state index contributed by atoms with van der Waals surface area (Å²) < 4.78 is 2.25. The lowest BCUT2D eigenvalue weighted by Crippen LogP contribution is -2.41.